The fraction of sp³-hybridized carbons (Fsp3) is 0.333. The minimum Gasteiger partial charge on any atom is -0.464 e. The van der Waals surface area contributed by atoms with Crippen LogP contribution in [-0.2, 0) is 4.08 Å². The Kier molecular flexibility index (Phi) is 3.44. The van der Waals surface area contributed by atoms with Gasteiger partial charge in [-0.2, -0.15) is 0 Å². The molecule has 0 amide bonds. The smallest absolute Gasteiger partial charge is 0.144 e. The average Bonchev–Trinajstić information content (AvgIpc) is 2.88. The second kappa shape index (κ2) is 5.06. The average molecular weight is 276 g/mol. The van der Waals surface area contributed by atoms with E-state index in [2.05, 4.69) is 42.5 Å². The van der Waals surface area contributed by atoms with E-state index in [1.54, 1.807) is 0 Å². The number of hydrogen-bond acceptors (Lipinski definition) is 3. The summed E-state index contributed by atoms with van der Waals surface area (Å²) in [5, 5.41) is 0. The molecule has 0 bridgehead atoms. The van der Waals surface area contributed by atoms with Crippen LogP contribution in [0.25, 0.3) is 0 Å². The minimum absolute atomic E-state index is 0.0478. The molecular formula is C15H16OS2. The van der Waals surface area contributed by atoms with Crippen LogP contribution in [0.15, 0.2) is 46.9 Å². The third-order valence-corrected chi connectivity index (χ3v) is 6.50. The van der Waals surface area contributed by atoms with Crippen molar-refractivity contribution < 1.29 is 4.42 Å². The van der Waals surface area contributed by atoms with E-state index in [4.69, 9.17) is 4.42 Å². The van der Waals surface area contributed by atoms with Crippen molar-refractivity contribution in [1.82, 2.24) is 0 Å². The number of aryl methyl sites for hydroxylation is 1. The highest BCUT2D eigenvalue weighted by Gasteiger charge is 2.40. The fourth-order valence-corrected chi connectivity index (χ4v) is 5.53. The molecule has 0 radical (unpaired) electrons. The highest BCUT2D eigenvalue weighted by atomic mass is 32.2. The number of rotatable bonds is 2. The number of furan rings is 1. The van der Waals surface area contributed by atoms with E-state index in [0.29, 0.717) is 0 Å². The number of hydrogen-bond donors (Lipinski definition) is 0. The third kappa shape index (κ3) is 2.10. The molecule has 3 heteroatoms. The zero-order valence-corrected chi connectivity index (χ0v) is 12.0. The third-order valence-electron chi connectivity index (χ3n) is 3.12. The Morgan fingerprint density at radius 3 is 2.33 bits per heavy atom. The lowest BCUT2D eigenvalue weighted by molar-refractivity contribution is 0.482. The van der Waals surface area contributed by atoms with Gasteiger partial charge in [0.1, 0.15) is 15.6 Å². The molecule has 1 nitrogen and oxygen atoms in total. The Balaban J connectivity index is 2.09. The molecule has 0 unspecified atom stereocenters. The van der Waals surface area contributed by atoms with Gasteiger partial charge in [-0.25, -0.2) is 0 Å². The molecule has 0 saturated carbocycles. The van der Waals surface area contributed by atoms with Crippen molar-refractivity contribution in [2.75, 3.05) is 11.5 Å². The summed E-state index contributed by atoms with van der Waals surface area (Å²) < 4.78 is 5.89. The van der Waals surface area contributed by atoms with Gasteiger partial charge in [-0.15, -0.1) is 23.5 Å². The first kappa shape index (κ1) is 12.2. The molecule has 0 N–H and O–H groups in total. The fourth-order valence-electron chi connectivity index (χ4n) is 2.25. The summed E-state index contributed by atoms with van der Waals surface area (Å²) in [7, 11) is 0. The number of benzene rings is 1. The molecule has 3 rings (SSSR count). The predicted molar refractivity (Wildman–Crippen MR) is 80.2 cm³/mol. The first-order valence-corrected chi connectivity index (χ1v) is 8.19. The Morgan fingerprint density at radius 1 is 1.00 bits per heavy atom. The lowest BCUT2D eigenvalue weighted by Gasteiger charge is -2.34. The van der Waals surface area contributed by atoms with E-state index in [1.165, 1.54) is 23.5 Å². The van der Waals surface area contributed by atoms with Crippen LogP contribution < -0.4 is 0 Å². The Morgan fingerprint density at radius 2 is 1.72 bits per heavy atom. The van der Waals surface area contributed by atoms with Gasteiger partial charge in [-0.3, -0.25) is 0 Å². The maximum absolute atomic E-state index is 5.94. The highest BCUT2D eigenvalue weighted by molar-refractivity contribution is 8.18. The Hall–Kier alpha value is -0.800. The summed E-state index contributed by atoms with van der Waals surface area (Å²) >= 11 is 4.00. The molecule has 1 aliphatic rings. The van der Waals surface area contributed by atoms with Gasteiger partial charge in [0.05, 0.1) is 0 Å². The van der Waals surface area contributed by atoms with Crippen molar-refractivity contribution in [3.8, 4) is 0 Å². The minimum atomic E-state index is -0.0478. The zero-order chi connectivity index (χ0) is 12.4. The van der Waals surface area contributed by atoms with Crippen LogP contribution in [0, 0.1) is 6.92 Å². The van der Waals surface area contributed by atoms with Gasteiger partial charge < -0.3 is 4.42 Å². The van der Waals surface area contributed by atoms with Gasteiger partial charge in [0.25, 0.3) is 0 Å². The topological polar surface area (TPSA) is 13.1 Å². The lowest BCUT2D eigenvalue weighted by atomic mass is 10.1. The molecule has 2 heterocycles. The maximum Gasteiger partial charge on any atom is 0.144 e. The van der Waals surface area contributed by atoms with Gasteiger partial charge in [-0.1, -0.05) is 30.3 Å². The van der Waals surface area contributed by atoms with Crippen molar-refractivity contribution in [3.63, 3.8) is 0 Å². The summed E-state index contributed by atoms with van der Waals surface area (Å²) in [6.07, 6.45) is 1.28. The van der Waals surface area contributed by atoms with Crippen molar-refractivity contribution in [1.29, 1.82) is 0 Å². The van der Waals surface area contributed by atoms with E-state index in [1.807, 2.05) is 30.4 Å². The molecule has 18 heavy (non-hydrogen) atoms. The van der Waals surface area contributed by atoms with Crippen molar-refractivity contribution in [3.05, 3.63) is 59.5 Å². The van der Waals surface area contributed by atoms with Crippen LogP contribution in [0.5, 0.6) is 0 Å². The summed E-state index contributed by atoms with van der Waals surface area (Å²) in [6, 6.07) is 14.9. The van der Waals surface area contributed by atoms with Crippen LogP contribution >= 0.6 is 23.5 Å². The van der Waals surface area contributed by atoms with Gasteiger partial charge >= 0.3 is 0 Å². The van der Waals surface area contributed by atoms with Crippen molar-refractivity contribution in [2.24, 2.45) is 0 Å². The summed E-state index contributed by atoms with van der Waals surface area (Å²) in [5.41, 5.74) is 1.34. The Labute approximate surface area is 116 Å². The second-order valence-electron chi connectivity index (χ2n) is 4.44. The standard InChI is InChI=1S/C15H16OS2/c1-12-8-9-14(16-12)15(17-10-5-11-18-15)13-6-3-2-4-7-13/h2-4,6-9H,5,10-11H2,1H3. The van der Waals surface area contributed by atoms with Crippen molar-refractivity contribution in [2.45, 2.75) is 17.4 Å². The van der Waals surface area contributed by atoms with Crippen LogP contribution in [0.4, 0.5) is 0 Å². The molecule has 0 aliphatic carbocycles. The van der Waals surface area contributed by atoms with Gasteiger partial charge in [0.15, 0.2) is 0 Å². The van der Waals surface area contributed by atoms with E-state index >= 15 is 0 Å². The molecule has 1 aliphatic heterocycles. The molecule has 0 atom stereocenters. The Bertz CT molecular complexity index is 512. The zero-order valence-electron chi connectivity index (χ0n) is 10.4. The molecule has 1 fully saturated rings. The maximum atomic E-state index is 5.94. The van der Waals surface area contributed by atoms with Gasteiger partial charge in [-0.05, 0) is 42.5 Å². The van der Waals surface area contributed by atoms with Gasteiger partial charge in [0, 0.05) is 0 Å². The van der Waals surface area contributed by atoms with Gasteiger partial charge in [0.2, 0.25) is 0 Å². The summed E-state index contributed by atoms with van der Waals surface area (Å²) in [4.78, 5) is 0. The molecule has 1 aromatic heterocycles. The van der Waals surface area contributed by atoms with Crippen LogP contribution in [-0.4, -0.2) is 11.5 Å². The summed E-state index contributed by atoms with van der Waals surface area (Å²) in [6.45, 7) is 2.01. The van der Waals surface area contributed by atoms with E-state index < -0.39 is 0 Å². The summed E-state index contributed by atoms with van der Waals surface area (Å²) in [5.74, 6) is 4.47. The predicted octanol–water partition coefficient (Wildman–Crippen LogP) is 4.66. The SMILES string of the molecule is Cc1ccc(C2(c3ccccc3)SCCCS2)o1. The molecule has 1 saturated heterocycles. The molecule has 94 valence electrons. The second-order valence-corrected chi connectivity index (χ2v) is 7.32. The van der Waals surface area contributed by atoms with Crippen LogP contribution in [0.1, 0.15) is 23.5 Å². The molecular weight excluding hydrogens is 260 g/mol. The normalized spacial score (nSPS) is 18.7. The van der Waals surface area contributed by atoms with Crippen molar-refractivity contribution >= 4 is 23.5 Å². The quantitative estimate of drug-likeness (QED) is 0.792. The first-order chi connectivity index (χ1) is 8.81. The van der Waals surface area contributed by atoms with Crippen LogP contribution in [0.3, 0.4) is 0 Å². The molecule has 1 aromatic carbocycles. The van der Waals surface area contributed by atoms with Crippen LogP contribution in [0.2, 0.25) is 0 Å². The molecule has 0 spiro atoms. The highest BCUT2D eigenvalue weighted by Crippen LogP contribution is 2.54. The number of thioether (sulfide) groups is 2. The first-order valence-electron chi connectivity index (χ1n) is 6.22. The monoisotopic (exact) mass is 276 g/mol. The largest absolute Gasteiger partial charge is 0.464 e. The van der Waals surface area contributed by atoms with E-state index in [0.717, 1.165) is 11.5 Å². The van der Waals surface area contributed by atoms with E-state index in [-0.39, 0.29) is 4.08 Å². The molecule has 2 aromatic rings. The lowest BCUT2D eigenvalue weighted by Crippen LogP contribution is -2.23. The van der Waals surface area contributed by atoms with E-state index in [9.17, 15) is 0 Å².